The highest BCUT2D eigenvalue weighted by Crippen LogP contribution is 2.11. The molecule has 4 nitrogen and oxygen atoms in total. The first-order valence-corrected chi connectivity index (χ1v) is 4.73. The molecule has 1 rings (SSSR count). The predicted molar refractivity (Wildman–Crippen MR) is 47.9 cm³/mol. The maximum absolute atomic E-state index is 11.3. The summed E-state index contributed by atoms with van der Waals surface area (Å²) in [6, 6.07) is 0. The Bertz CT molecular complexity index is 164. The van der Waals surface area contributed by atoms with Crippen molar-refractivity contribution in [3.8, 4) is 0 Å². The van der Waals surface area contributed by atoms with Gasteiger partial charge in [0.05, 0.1) is 6.61 Å². The molecule has 0 aromatic carbocycles. The number of hydrogen-bond acceptors (Lipinski definition) is 3. The van der Waals surface area contributed by atoms with E-state index in [-0.39, 0.29) is 12.0 Å². The Morgan fingerprint density at radius 2 is 2.46 bits per heavy atom. The first-order chi connectivity index (χ1) is 6.20. The Hall–Kier alpha value is -0.610. The van der Waals surface area contributed by atoms with Gasteiger partial charge in [-0.05, 0) is 18.8 Å². The second-order valence-corrected chi connectivity index (χ2v) is 3.67. The Morgan fingerprint density at radius 3 is 3.00 bits per heavy atom. The van der Waals surface area contributed by atoms with Crippen molar-refractivity contribution in [1.82, 2.24) is 5.48 Å². The van der Waals surface area contributed by atoms with Crippen molar-refractivity contribution in [1.29, 1.82) is 0 Å². The molecule has 0 aromatic rings. The minimum absolute atomic E-state index is 0.154. The largest absolute Gasteiger partial charge is 0.368 e. The molecule has 0 bridgehead atoms. The van der Waals surface area contributed by atoms with Crippen LogP contribution in [0.3, 0.4) is 0 Å². The molecule has 4 heteroatoms. The predicted octanol–water partition coefficient (Wildman–Crippen LogP) is 0.869. The van der Waals surface area contributed by atoms with E-state index in [1.165, 1.54) is 0 Å². The molecule has 1 aliphatic heterocycles. The van der Waals surface area contributed by atoms with Gasteiger partial charge in [-0.15, -0.1) is 0 Å². The minimum Gasteiger partial charge on any atom is -0.368 e. The number of ether oxygens (including phenoxy) is 1. The zero-order valence-electron chi connectivity index (χ0n) is 8.21. The average molecular weight is 187 g/mol. The van der Waals surface area contributed by atoms with Gasteiger partial charge in [0.1, 0.15) is 6.10 Å². The monoisotopic (exact) mass is 187 g/mol. The average Bonchev–Trinajstić information content (AvgIpc) is 2.55. The van der Waals surface area contributed by atoms with Crippen LogP contribution >= 0.6 is 0 Å². The van der Waals surface area contributed by atoms with Gasteiger partial charge in [0.25, 0.3) is 5.91 Å². The summed E-state index contributed by atoms with van der Waals surface area (Å²) in [5.41, 5.74) is 2.39. The summed E-state index contributed by atoms with van der Waals surface area (Å²) in [6.45, 7) is 5.27. The van der Waals surface area contributed by atoms with E-state index in [9.17, 15) is 4.79 Å². The summed E-state index contributed by atoms with van der Waals surface area (Å²) in [7, 11) is 0. The third-order valence-electron chi connectivity index (χ3n) is 1.81. The van der Waals surface area contributed by atoms with E-state index in [0.717, 1.165) is 12.8 Å². The molecule has 76 valence electrons. The second kappa shape index (κ2) is 5.19. The molecule has 1 saturated heterocycles. The SMILES string of the molecule is CC(C)CONC(=O)[C@@H]1CCCO1. The number of carbonyl (C=O) groups excluding carboxylic acids is 1. The van der Waals surface area contributed by atoms with E-state index in [1.807, 2.05) is 13.8 Å². The van der Waals surface area contributed by atoms with Crippen LogP contribution in [0.5, 0.6) is 0 Å². The Balaban J connectivity index is 2.10. The molecular formula is C9H17NO3. The summed E-state index contributed by atoms with van der Waals surface area (Å²) in [6.07, 6.45) is 1.46. The molecule has 1 amide bonds. The number of rotatable bonds is 4. The number of amides is 1. The first-order valence-electron chi connectivity index (χ1n) is 4.73. The second-order valence-electron chi connectivity index (χ2n) is 3.67. The highest BCUT2D eigenvalue weighted by atomic mass is 16.7. The van der Waals surface area contributed by atoms with Crippen LogP contribution in [-0.2, 0) is 14.4 Å². The van der Waals surface area contributed by atoms with Gasteiger partial charge in [-0.1, -0.05) is 13.8 Å². The quantitative estimate of drug-likeness (QED) is 0.664. The van der Waals surface area contributed by atoms with Crippen molar-refractivity contribution in [3.05, 3.63) is 0 Å². The van der Waals surface area contributed by atoms with E-state index in [4.69, 9.17) is 9.57 Å². The minimum atomic E-state index is -0.299. The van der Waals surface area contributed by atoms with Crippen LogP contribution in [0.2, 0.25) is 0 Å². The van der Waals surface area contributed by atoms with Crippen LogP contribution in [0, 0.1) is 5.92 Å². The molecule has 1 heterocycles. The van der Waals surface area contributed by atoms with E-state index >= 15 is 0 Å². The van der Waals surface area contributed by atoms with Crippen molar-refractivity contribution >= 4 is 5.91 Å². The summed E-state index contributed by atoms with van der Waals surface area (Å²) >= 11 is 0. The van der Waals surface area contributed by atoms with Crippen LogP contribution in [-0.4, -0.2) is 25.2 Å². The van der Waals surface area contributed by atoms with Gasteiger partial charge in [0, 0.05) is 6.61 Å². The highest BCUT2D eigenvalue weighted by Gasteiger charge is 2.23. The lowest BCUT2D eigenvalue weighted by atomic mass is 10.2. The van der Waals surface area contributed by atoms with Crippen LogP contribution in [0.15, 0.2) is 0 Å². The third kappa shape index (κ3) is 3.74. The molecule has 1 aliphatic rings. The number of hydroxylamine groups is 1. The maximum Gasteiger partial charge on any atom is 0.272 e. The fourth-order valence-corrected chi connectivity index (χ4v) is 1.13. The Labute approximate surface area is 78.5 Å². The number of hydrogen-bond donors (Lipinski definition) is 1. The molecule has 0 aromatic heterocycles. The van der Waals surface area contributed by atoms with E-state index < -0.39 is 0 Å². The summed E-state index contributed by atoms with van der Waals surface area (Å²) in [5, 5.41) is 0. The molecule has 0 saturated carbocycles. The first kappa shape index (κ1) is 10.5. The van der Waals surface area contributed by atoms with Crippen LogP contribution < -0.4 is 5.48 Å². The maximum atomic E-state index is 11.3. The van der Waals surface area contributed by atoms with Gasteiger partial charge in [0.2, 0.25) is 0 Å². The van der Waals surface area contributed by atoms with Gasteiger partial charge in [-0.2, -0.15) is 0 Å². The van der Waals surface area contributed by atoms with Crippen LogP contribution in [0.25, 0.3) is 0 Å². The lowest BCUT2D eigenvalue weighted by Crippen LogP contribution is -2.34. The lowest BCUT2D eigenvalue weighted by molar-refractivity contribution is -0.143. The number of carbonyl (C=O) groups is 1. The van der Waals surface area contributed by atoms with Crippen molar-refractivity contribution in [2.75, 3.05) is 13.2 Å². The van der Waals surface area contributed by atoms with Gasteiger partial charge >= 0.3 is 0 Å². The third-order valence-corrected chi connectivity index (χ3v) is 1.81. The molecule has 1 atom stereocenters. The topological polar surface area (TPSA) is 47.6 Å². The van der Waals surface area contributed by atoms with Crippen molar-refractivity contribution in [3.63, 3.8) is 0 Å². The van der Waals surface area contributed by atoms with E-state index in [1.54, 1.807) is 0 Å². The number of nitrogens with one attached hydrogen (secondary N) is 1. The zero-order valence-corrected chi connectivity index (χ0v) is 8.21. The summed E-state index contributed by atoms with van der Waals surface area (Å²) in [5.74, 6) is 0.267. The molecule has 0 radical (unpaired) electrons. The lowest BCUT2D eigenvalue weighted by Gasteiger charge is -2.11. The highest BCUT2D eigenvalue weighted by molar-refractivity contribution is 5.79. The van der Waals surface area contributed by atoms with Gasteiger partial charge in [-0.25, -0.2) is 5.48 Å². The van der Waals surface area contributed by atoms with Crippen LogP contribution in [0.4, 0.5) is 0 Å². The van der Waals surface area contributed by atoms with E-state index in [2.05, 4.69) is 5.48 Å². The molecule has 0 aliphatic carbocycles. The Morgan fingerprint density at radius 1 is 1.69 bits per heavy atom. The standard InChI is InChI=1S/C9H17NO3/c1-7(2)6-13-10-9(11)8-4-3-5-12-8/h7-8H,3-6H2,1-2H3,(H,10,11)/t8-/m0/s1. The molecule has 0 unspecified atom stereocenters. The van der Waals surface area contributed by atoms with Crippen molar-refractivity contribution < 1.29 is 14.4 Å². The smallest absolute Gasteiger partial charge is 0.272 e. The molecule has 13 heavy (non-hydrogen) atoms. The molecule has 0 spiro atoms. The Kier molecular flexibility index (Phi) is 4.18. The van der Waals surface area contributed by atoms with Crippen molar-refractivity contribution in [2.24, 2.45) is 5.92 Å². The summed E-state index contributed by atoms with van der Waals surface area (Å²) < 4.78 is 5.18. The van der Waals surface area contributed by atoms with Gasteiger partial charge in [-0.3, -0.25) is 9.63 Å². The van der Waals surface area contributed by atoms with Crippen molar-refractivity contribution in [2.45, 2.75) is 32.8 Å². The zero-order chi connectivity index (χ0) is 9.68. The van der Waals surface area contributed by atoms with Gasteiger partial charge < -0.3 is 4.74 Å². The normalized spacial score (nSPS) is 22.2. The molecular weight excluding hydrogens is 170 g/mol. The van der Waals surface area contributed by atoms with Gasteiger partial charge in [0.15, 0.2) is 0 Å². The fraction of sp³-hybridized carbons (Fsp3) is 0.889. The summed E-state index contributed by atoms with van der Waals surface area (Å²) in [4.78, 5) is 16.3. The molecule has 1 fully saturated rings. The van der Waals surface area contributed by atoms with E-state index in [0.29, 0.717) is 19.1 Å². The van der Waals surface area contributed by atoms with Crippen LogP contribution in [0.1, 0.15) is 26.7 Å². The molecule has 1 N–H and O–H groups in total. The fourth-order valence-electron chi connectivity index (χ4n) is 1.13.